The molecule has 0 aliphatic heterocycles. The molecule has 1 aromatic rings. The molecule has 0 bridgehead atoms. The van der Waals surface area contributed by atoms with Crippen molar-refractivity contribution in [3.8, 4) is 11.8 Å². The molecule has 86 valence electrons. The summed E-state index contributed by atoms with van der Waals surface area (Å²) in [6, 6.07) is 8.13. The fourth-order valence-corrected chi connectivity index (χ4v) is 1.34. The molecule has 0 N–H and O–H groups in total. The van der Waals surface area contributed by atoms with Crippen LogP contribution < -0.4 is 4.74 Å². The first-order valence-corrected chi connectivity index (χ1v) is 5.33. The molecular weight excluding hydrogens is 239 g/mol. The molecule has 0 heterocycles. The van der Waals surface area contributed by atoms with Gasteiger partial charge in [-0.15, -0.1) is 0 Å². The van der Waals surface area contributed by atoms with E-state index in [1.807, 2.05) is 6.07 Å². The Morgan fingerprint density at radius 1 is 1.25 bits per heavy atom. The maximum atomic E-state index is 11.8. The predicted octanol–water partition coefficient (Wildman–Crippen LogP) is 3.19. The van der Waals surface area contributed by atoms with Gasteiger partial charge in [-0.3, -0.25) is 0 Å². The van der Waals surface area contributed by atoms with E-state index in [1.54, 1.807) is 24.3 Å². The van der Waals surface area contributed by atoms with Gasteiger partial charge in [0.25, 0.3) is 0 Å². The van der Waals surface area contributed by atoms with E-state index in [0.717, 1.165) is 0 Å². The summed E-state index contributed by atoms with van der Waals surface area (Å²) in [6.07, 6.45) is 0. The summed E-state index contributed by atoms with van der Waals surface area (Å²) in [5.74, 6) is 0.311. The first kappa shape index (κ1) is 12.7. The number of nitriles is 1. The minimum absolute atomic E-state index is 0.0178. The molecule has 0 amide bonds. The van der Waals surface area contributed by atoms with E-state index >= 15 is 0 Å². The number of thioether (sulfide) groups is 1. The quantitative estimate of drug-likeness (QED) is 0.766. The minimum atomic E-state index is -4.21. The fourth-order valence-electron chi connectivity index (χ4n) is 0.943. The van der Waals surface area contributed by atoms with Crippen molar-refractivity contribution in [2.24, 2.45) is 0 Å². The Hall–Kier alpha value is -1.35. The Morgan fingerprint density at radius 3 is 2.38 bits per heavy atom. The van der Waals surface area contributed by atoms with Gasteiger partial charge in [-0.25, -0.2) is 0 Å². The molecule has 0 saturated carbocycles. The molecule has 16 heavy (non-hydrogen) atoms. The van der Waals surface area contributed by atoms with E-state index in [9.17, 15) is 13.2 Å². The summed E-state index contributed by atoms with van der Waals surface area (Å²) < 4.78 is 40.3. The van der Waals surface area contributed by atoms with Crippen LogP contribution in [0.4, 0.5) is 13.2 Å². The molecule has 0 fully saturated rings. The van der Waals surface area contributed by atoms with Gasteiger partial charge in [0, 0.05) is 5.75 Å². The first-order chi connectivity index (χ1) is 7.51. The van der Waals surface area contributed by atoms with Crippen LogP contribution in [0.25, 0.3) is 0 Å². The van der Waals surface area contributed by atoms with Crippen molar-refractivity contribution in [2.45, 2.75) is 5.51 Å². The number of rotatable bonds is 4. The predicted molar refractivity (Wildman–Crippen MR) is 55.2 cm³/mol. The second kappa shape index (κ2) is 5.66. The van der Waals surface area contributed by atoms with Crippen molar-refractivity contribution >= 4 is 11.8 Å². The van der Waals surface area contributed by atoms with Crippen molar-refractivity contribution in [3.05, 3.63) is 29.8 Å². The number of hydrogen-bond donors (Lipinski definition) is 0. The fraction of sp³-hybridized carbons (Fsp3) is 0.300. The van der Waals surface area contributed by atoms with Gasteiger partial charge in [-0.05, 0) is 36.0 Å². The molecule has 0 aliphatic rings. The lowest BCUT2D eigenvalue weighted by atomic mass is 10.2. The van der Waals surface area contributed by atoms with Crippen LogP contribution in [0.2, 0.25) is 0 Å². The van der Waals surface area contributed by atoms with E-state index < -0.39 is 5.51 Å². The minimum Gasteiger partial charge on any atom is -0.493 e. The van der Waals surface area contributed by atoms with Gasteiger partial charge in [0.2, 0.25) is 0 Å². The van der Waals surface area contributed by atoms with Crippen molar-refractivity contribution < 1.29 is 17.9 Å². The van der Waals surface area contributed by atoms with Crippen molar-refractivity contribution in [2.75, 3.05) is 12.4 Å². The molecule has 0 spiro atoms. The van der Waals surface area contributed by atoms with E-state index in [-0.39, 0.29) is 24.1 Å². The molecule has 0 radical (unpaired) electrons. The molecule has 1 rings (SSSR count). The summed E-state index contributed by atoms with van der Waals surface area (Å²) in [4.78, 5) is 0. The molecule has 0 aliphatic carbocycles. The summed E-state index contributed by atoms with van der Waals surface area (Å²) >= 11 is -0.117. The van der Waals surface area contributed by atoms with Gasteiger partial charge in [0.1, 0.15) is 5.75 Å². The van der Waals surface area contributed by atoms with Crippen LogP contribution >= 0.6 is 11.8 Å². The van der Waals surface area contributed by atoms with Gasteiger partial charge in [-0.2, -0.15) is 18.4 Å². The van der Waals surface area contributed by atoms with Crippen LogP contribution in [0.15, 0.2) is 24.3 Å². The molecule has 1 aromatic carbocycles. The second-order valence-electron chi connectivity index (χ2n) is 2.78. The lowest BCUT2D eigenvalue weighted by molar-refractivity contribution is -0.0329. The van der Waals surface area contributed by atoms with Crippen LogP contribution in [0.1, 0.15) is 5.56 Å². The number of nitrogens with zero attached hydrogens (tertiary/aromatic N) is 1. The van der Waals surface area contributed by atoms with Gasteiger partial charge < -0.3 is 4.74 Å². The van der Waals surface area contributed by atoms with Crippen LogP contribution in [0, 0.1) is 11.3 Å². The number of halogens is 3. The zero-order valence-corrected chi connectivity index (χ0v) is 8.94. The monoisotopic (exact) mass is 247 g/mol. The van der Waals surface area contributed by atoms with Gasteiger partial charge in [0.15, 0.2) is 0 Å². The van der Waals surface area contributed by atoms with Crippen LogP contribution in [0.3, 0.4) is 0 Å². The number of alkyl halides is 3. The highest BCUT2D eigenvalue weighted by Gasteiger charge is 2.27. The summed E-state index contributed by atoms with van der Waals surface area (Å²) in [7, 11) is 0. The third kappa shape index (κ3) is 4.94. The first-order valence-electron chi connectivity index (χ1n) is 4.35. The Balaban J connectivity index is 2.30. The molecule has 0 atom stereocenters. The SMILES string of the molecule is N#Cc1ccc(OCCSC(F)(F)F)cc1. The normalized spacial score (nSPS) is 10.9. The summed E-state index contributed by atoms with van der Waals surface area (Å²) in [5, 5.41) is 8.51. The van der Waals surface area contributed by atoms with Crippen LogP contribution in [-0.2, 0) is 0 Å². The maximum Gasteiger partial charge on any atom is 0.441 e. The number of benzene rings is 1. The summed E-state index contributed by atoms with van der Waals surface area (Å²) in [5.41, 5.74) is -3.73. The lowest BCUT2D eigenvalue weighted by Gasteiger charge is -2.07. The number of ether oxygens (including phenoxy) is 1. The highest BCUT2D eigenvalue weighted by molar-refractivity contribution is 8.00. The van der Waals surface area contributed by atoms with Gasteiger partial charge in [-0.1, -0.05) is 0 Å². The Kier molecular flexibility index (Phi) is 4.50. The number of hydrogen-bond acceptors (Lipinski definition) is 3. The highest BCUT2D eigenvalue weighted by atomic mass is 32.2. The van der Waals surface area contributed by atoms with Crippen LogP contribution in [0.5, 0.6) is 5.75 Å². The second-order valence-corrected chi connectivity index (χ2v) is 3.94. The van der Waals surface area contributed by atoms with Gasteiger partial charge >= 0.3 is 5.51 Å². The zero-order chi connectivity index (χ0) is 12.0. The maximum absolute atomic E-state index is 11.8. The Bertz CT molecular complexity index is 369. The van der Waals surface area contributed by atoms with Gasteiger partial charge in [0.05, 0.1) is 18.2 Å². The smallest absolute Gasteiger partial charge is 0.441 e. The summed E-state index contributed by atoms with van der Waals surface area (Å²) in [6.45, 7) is -0.0178. The molecule has 0 unspecified atom stereocenters. The average molecular weight is 247 g/mol. The topological polar surface area (TPSA) is 33.0 Å². The van der Waals surface area contributed by atoms with E-state index in [2.05, 4.69) is 0 Å². The van der Waals surface area contributed by atoms with Crippen molar-refractivity contribution in [3.63, 3.8) is 0 Å². The van der Waals surface area contributed by atoms with E-state index in [1.165, 1.54) is 0 Å². The highest BCUT2D eigenvalue weighted by Crippen LogP contribution is 2.29. The molecule has 0 aromatic heterocycles. The molecular formula is C10H8F3NOS. The molecule has 6 heteroatoms. The third-order valence-electron chi connectivity index (χ3n) is 1.60. The Labute approximate surface area is 95.0 Å². The van der Waals surface area contributed by atoms with Crippen molar-refractivity contribution in [1.29, 1.82) is 5.26 Å². The third-order valence-corrected chi connectivity index (χ3v) is 2.30. The van der Waals surface area contributed by atoms with E-state index in [4.69, 9.17) is 10.00 Å². The lowest BCUT2D eigenvalue weighted by Crippen LogP contribution is -2.07. The zero-order valence-electron chi connectivity index (χ0n) is 8.12. The average Bonchev–Trinajstić information content (AvgIpc) is 2.24. The largest absolute Gasteiger partial charge is 0.493 e. The van der Waals surface area contributed by atoms with Crippen molar-refractivity contribution in [1.82, 2.24) is 0 Å². The Morgan fingerprint density at radius 2 is 1.88 bits per heavy atom. The van der Waals surface area contributed by atoms with E-state index in [0.29, 0.717) is 11.3 Å². The molecule has 2 nitrogen and oxygen atoms in total. The molecule has 0 saturated heterocycles. The standard InChI is InChI=1S/C10H8F3NOS/c11-10(12,13)16-6-5-15-9-3-1-8(7-14)2-4-9/h1-4H,5-6H2. The van der Waals surface area contributed by atoms with Crippen LogP contribution in [-0.4, -0.2) is 17.9 Å².